The molecular weight excluding hydrogens is 358 g/mol. The highest BCUT2D eigenvalue weighted by Gasteiger charge is 2.26. The molecule has 148 valence electrons. The Hall–Kier alpha value is -2.95. The van der Waals surface area contributed by atoms with E-state index < -0.39 is 0 Å². The van der Waals surface area contributed by atoms with Gasteiger partial charge < -0.3 is 5.32 Å². The van der Waals surface area contributed by atoms with Crippen LogP contribution in [0.15, 0.2) is 91.0 Å². The third kappa shape index (κ3) is 4.91. The molecule has 0 saturated carbocycles. The Kier molecular flexibility index (Phi) is 6.35. The molecule has 4 nitrogen and oxygen atoms in total. The summed E-state index contributed by atoms with van der Waals surface area (Å²) < 4.78 is 0. The maximum absolute atomic E-state index is 12.3. The smallest absolute Gasteiger partial charge is 0.252 e. The van der Waals surface area contributed by atoms with Gasteiger partial charge in [0.15, 0.2) is 0 Å². The summed E-state index contributed by atoms with van der Waals surface area (Å²) >= 11 is 0. The molecule has 3 aromatic rings. The van der Waals surface area contributed by atoms with Crippen molar-refractivity contribution in [3.8, 4) is 0 Å². The van der Waals surface area contributed by atoms with Crippen LogP contribution >= 0.6 is 0 Å². The lowest BCUT2D eigenvalue weighted by Crippen LogP contribution is -2.50. The molecule has 0 aromatic heterocycles. The van der Waals surface area contributed by atoms with Crippen LogP contribution in [0.25, 0.3) is 0 Å². The predicted molar refractivity (Wildman–Crippen MR) is 117 cm³/mol. The molecule has 1 amide bonds. The number of benzene rings is 3. The number of carbonyl (C=O) groups excluding carboxylic acids is 1. The van der Waals surface area contributed by atoms with Gasteiger partial charge in [0.2, 0.25) is 0 Å². The van der Waals surface area contributed by atoms with Crippen LogP contribution in [0.5, 0.6) is 0 Å². The van der Waals surface area contributed by atoms with E-state index in [1.807, 2.05) is 30.3 Å². The SMILES string of the molecule is O=C(NCN1CCN(C(c2ccccc2)c2ccccc2)CC1)c1ccccc1. The largest absolute Gasteiger partial charge is 0.339 e. The molecule has 1 saturated heterocycles. The summed E-state index contributed by atoms with van der Waals surface area (Å²) in [6.07, 6.45) is 0. The van der Waals surface area contributed by atoms with Crippen molar-refractivity contribution in [2.45, 2.75) is 6.04 Å². The second kappa shape index (κ2) is 9.50. The molecule has 0 aliphatic carbocycles. The zero-order valence-electron chi connectivity index (χ0n) is 16.6. The highest BCUT2D eigenvalue weighted by atomic mass is 16.1. The molecule has 1 aliphatic rings. The van der Waals surface area contributed by atoms with Crippen molar-refractivity contribution < 1.29 is 4.79 Å². The van der Waals surface area contributed by atoms with Crippen molar-refractivity contribution >= 4 is 5.91 Å². The Balaban J connectivity index is 1.38. The number of carbonyl (C=O) groups is 1. The monoisotopic (exact) mass is 385 g/mol. The number of rotatable bonds is 6. The van der Waals surface area contributed by atoms with Gasteiger partial charge in [-0.25, -0.2) is 0 Å². The van der Waals surface area contributed by atoms with Gasteiger partial charge in [-0.1, -0.05) is 78.9 Å². The van der Waals surface area contributed by atoms with Gasteiger partial charge in [-0.15, -0.1) is 0 Å². The van der Waals surface area contributed by atoms with Gasteiger partial charge in [-0.2, -0.15) is 0 Å². The quantitative estimate of drug-likeness (QED) is 0.701. The lowest BCUT2D eigenvalue weighted by atomic mass is 9.96. The molecule has 3 aromatic carbocycles. The fourth-order valence-electron chi connectivity index (χ4n) is 3.94. The molecule has 29 heavy (non-hydrogen) atoms. The molecule has 4 heteroatoms. The molecule has 0 radical (unpaired) electrons. The van der Waals surface area contributed by atoms with Crippen LogP contribution in [0.1, 0.15) is 27.5 Å². The highest BCUT2D eigenvalue weighted by Crippen LogP contribution is 2.29. The first-order valence-electron chi connectivity index (χ1n) is 10.2. The van der Waals surface area contributed by atoms with Crippen LogP contribution in [0.3, 0.4) is 0 Å². The lowest BCUT2D eigenvalue weighted by Gasteiger charge is -2.39. The van der Waals surface area contributed by atoms with E-state index in [0.29, 0.717) is 12.2 Å². The van der Waals surface area contributed by atoms with Gasteiger partial charge >= 0.3 is 0 Å². The van der Waals surface area contributed by atoms with Crippen LogP contribution in [0, 0.1) is 0 Å². The molecule has 1 heterocycles. The van der Waals surface area contributed by atoms with Crippen LogP contribution in [-0.2, 0) is 0 Å². The molecule has 4 rings (SSSR count). The fraction of sp³-hybridized carbons (Fsp3) is 0.240. The Morgan fingerprint density at radius 2 is 1.21 bits per heavy atom. The molecule has 0 atom stereocenters. The van der Waals surface area contributed by atoms with Gasteiger partial charge in [0.05, 0.1) is 12.7 Å². The van der Waals surface area contributed by atoms with E-state index in [-0.39, 0.29) is 11.9 Å². The fourth-order valence-corrected chi connectivity index (χ4v) is 3.94. The first kappa shape index (κ1) is 19.4. The third-order valence-corrected chi connectivity index (χ3v) is 5.50. The maximum atomic E-state index is 12.3. The van der Waals surface area contributed by atoms with Crippen molar-refractivity contribution in [2.75, 3.05) is 32.8 Å². The van der Waals surface area contributed by atoms with Gasteiger partial charge in [0, 0.05) is 31.7 Å². The zero-order valence-corrected chi connectivity index (χ0v) is 16.6. The van der Waals surface area contributed by atoms with Crippen molar-refractivity contribution in [2.24, 2.45) is 0 Å². The third-order valence-electron chi connectivity index (χ3n) is 5.50. The Morgan fingerprint density at radius 3 is 1.72 bits per heavy atom. The number of piperazine rings is 1. The Bertz CT molecular complexity index is 852. The predicted octanol–water partition coefficient (Wildman–Crippen LogP) is 3.78. The van der Waals surface area contributed by atoms with E-state index in [9.17, 15) is 4.79 Å². The number of hydrogen-bond acceptors (Lipinski definition) is 3. The van der Waals surface area contributed by atoms with E-state index in [4.69, 9.17) is 0 Å². The van der Waals surface area contributed by atoms with Crippen LogP contribution in [0.4, 0.5) is 0 Å². The van der Waals surface area contributed by atoms with Gasteiger partial charge in [0.25, 0.3) is 5.91 Å². The van der Waals surface area contributed by atoms with Crippen LogP contribution in [-0.4, -0.2) is 48.6 Å². The number of nitrogens with zero attached hydrogens (tertiary/aromatic N) is 2. The average molecular weight is 386 g/mol. The van der Waals surface area contributed by atoms with Crippen molar-refractivity contribution in [1.29, 1.82) is 0 Å². The summed E-state index contributed by atoms with van der Waals surface area (Å²) in [4.78, 5) is 17.1. The number of nitrogens with one attached hydrogen (secondary N) is 1. The van der Waals surface area contributed by atoms with Crippen LogP contribution < -0.4 is 5.32 Å². The average Bonchev–Trinajstić information content (AvgIpc) is 2.80. The minimum Gasteiger partial charge on any atom is -0.339 e. The molecule has 0 unspecified atom stereocenters. The maximum Gasteiger partial charge on any atom is 0.252 e. The molecule has 1 fully saturated rings. The second-order valence-electron chi connectivity index (χ2n) is 7.41. The van der Waals surface area contributed by atoms with E-state index >= 15 is 0 Å². The van der Waals surface area contributed by atoms with Crippen molar-refractivity contribution in [3.05, 3.63) is 108 Å². The van der Waals surface area contributed by atoms with Crippen LogP contribution in [0.2, 0.25) is 0 Å². The summed E-state index contributed by atoms with van der Waals surface area (Å²) in [6, 6.07) is 31.1. The summed E-state index contributed by atoms with van der Waals surface area (Å²) in [5.41, 5.74) is 3.36. The topological polar surface area (TPSA) is 35.6 Å². The first-order valence-corrected chi connectivity index (χ1v) is 10.2. The minimum atomic E-state index is -0.0144. The Labute approximate surface area is 172 Å². The van der Waals surface area contributed by atoms with E-state index in [0.717, 1.165) is 26.2 Å². The molecule has 0 spiro atoms. The van der Waals surface area contributed by atoms with E-state index in [2.05, 4.69) is 75.8 Å². The van der Waals surface area contributed by atoms with Gasteiger partial charge in [0.1, 0.15) is 0 Å². The molecule has 1 N–H and O–H groups in total. The van der Waals surface area contributed by atoms with E-state index in [1.54, 1.807) is 0 Å². The summed E-state index contributed by atoms with van der Waals surface area (Å²) in [6.45, 7) is 4.39. The Morgan fingerprint density at radius 1 is 0.724 bits per heavy atom. The molecule has 0 bridgehead atoms. The van der Waals surface area contributed by atoms with Crippen molar-refractivity contribution in [3.63, 3.8) is 0 Å². The van der Waals surface area contributed by atoms with Crippen molar-refractivity contribution in [1.82, 2.24) is 15.1 Å². The minimum absolute atomic E-state index is 0.0144. The lowest BCUT2D eigenvalue weighted by molar-refractivity contribution is 0.0831. The normalized spacial score (nSPS) is 15.3. The summed E-state index contributed by atoms with van der Waals surface area (Å²) in [7, 11) is 0. The number of hydrogen-bond donors (Lipinski definition) is 1. The molecular formula is C25H27N3O. The van der Waals surface area contributed by atoms with Gasteiger partial charge in [-0.3, -0.25) is 14.6 Å². The highest BCUT2D eigenvalue weighted by molar-refractivity contribution is 5.94. The second-order valence-corrected chi connectivity index (χ2v) is 7.41. The van der Waals surface area contributed by atoms with E-state index in [1.165, 1.54) is 11.1 Å². The van der Waals surface area contributed by atoms with Gasteiger partial charge in [-0.05, 0) is 23.3 Å². The standard InChI is InChI=1S/C25H27N3O/c29-25(23-14-8-3-9-15-23)26-20-27-16-18-28(19-17-27)24(21-10-4-1-5-11-21)22-12-6-2-7-13-22/h1-15,24H,16-20H2,(H,26,29). The summed E-state index contributed by atoms with van der Waals surface area (Å²) in [5, 5.41) is 3.04. The molecule has 1 aliphatic heterocycles. The summed E-state index contributed by atoms with van der Waals surface area (Å²) in [5.74, 6) is -0.0144. The number of amides is 1. The first-order chi connectivity index (χ1) is 14.3. The zero-order chi connectivity index (χ0) is 19.9.